The highest BCUT2D eigenvalue weighted by Gasteiger charge is 2.32. The van der Waals surface area contributed by atoms with Gasteiger partial charge in [0.15, 0.2) is 0 Å². The normalized spacial score (nSPS) is 21.6. The lowest BCUT2D eigenvalue weighted by Gasteiger charge is -2.38. The molecule has 2 rings (SSSR count). The van der Waals surface area contributed by atoms with Gasteiger partial charge in [-0.25, -0.2) is 0 Å². The molecule has 1 aliphatic rings. The quantitative estimate of drug-likeness (QED) is 0.846. The topological polar surface area (TPSA) is 76.4 Å². The lowest BCUT2D eigenvalue weighted by molar-refractivity contribution is -0.145. The van der Waals surface area contributed by atoms with Gasteiger partial charge in [-0.15, -0.1) is 0 Å². The highest BCUT2D eigenvalue weighted by Crippen LogP contribution is 2.24. The minimum absolute atomic E-state index is 0.0171. The Labute approximate surface area is 112 Å². The molecule has 2 unspecified atom stereocenters. The third-order valence-electron chi connectivity index (χ3n) is 3.57. The van der Waals surface area contributed by atoms with Gasteiger partial charge in [-0.3, -0.25) is 9.69 Å². The highest BCUT2D eigenvalue weighted by atomic mass is 16.4. The summed E-state index contributed by atoms with van der Waals surface area (Å²) in [5.41, 5.74) is 1.58. The predicted molar refractivity (Wildman–Crippen MR) is 70.6 cm³/mol. The van der Waals surface area contributed by atoms with Crippen LogP contribution in [0.15, 0.2) is 24.3 Å². The van der Waals surface area contributed by atoms with E-state index in [1.807, 2.05) is 30.0 Å². The number of benzene rings is 1. The number of hydrogen-bond acceptors (Lipinski definition) is 4. The summed E-state index contributed by atoms with van der Waals surface area (Å²) in [6.07, 6.45) is 0. The summed E-state index contributed by atoms with van der Waals surface area (Å²) in [7, 11) is 0. The van der Waals surface area contributed by atoms with E-state index < -0.39 is 12.0 Å². The van der Waals surface area contributed by atoms with E-state index in [0.717, 1.165) is 12.1 Å². The second-order valence-corrected chi connectivity index (χ2v) is 4.71. The van der Waals surface area contributed by atoms with Crippen LogP contribution in [-0.2, 0) is 4.79 Å². The van der Waals surface area contributed by atoms with E-state index in [2.05, 4.69) is 11.4 Å². The molecule has 0 bridgehead atoms. The summed E-state index contributed by atoms with van der Waals surface area (Å²) in [6, 6.07) is 8.93. The summed E-state index contributed by atoms with van der Waals surface area (Å²) >= 11 is 0. The molecule has 5 heteroatoms. The summed E-state index contributed by atoms with van der Waals surface area (Å²) in [4.78, 5) is 13.3. The average Bonchev–Trinajstić information content (AvgIpc) is 2.46. The van der Waals surface area contributed by atoms with Crippen molar-refractivity contribution in [1.82, 2.24) is 10.2 Å². The van der Waals surface area contributed by atoms with Gasteiger partial charge in [0.05, 0.1) is 11.6 Å². The van der Waals surface area contributed by atoms with Crippen molar-refractivity contribution in [2.75, 3.05) is 19.6 Å². The van der Waals surface area contributed by atoms with Crippen molar-refractivity contribution in [2.45, 2.75) is 19.0 Å². The van der Waals surface area contributed by atoms with Crippen LogP contribution in [0.2, 0.25) is 0 Å². The number of carboxylic acids is 1. The molecule has 100 valence electrons. The molecular weight excluding hydrogens is 242 g/mol. The Hall–Kier alpha value is -1.90. The molecule has 1 aromatic carbocycles. The summed E-state index contributed by atoms with van der Waals surface area (Å²) in [5, 5.41) is 21.3. The molecule has 0 spiro atoms. The van der Waals surface area contributed by atoms with Gasteiger partial charge in [-0.2, -0.15) is 5.26 Å². The van der Waals surface area contributed by atoms with Gasteiger partial charge in [0.2, 0.25) is 0 Å². The number of piperazine rings is 1. The van der Waals surface area contributed by atoms with Crippen LogP contribution in [0.1, 0.15) is 24.1 Å². The number of nitriles is 1. The fourth-order valence-corrected chi connectivity index (χ4v) is 2.47. The molecular formula is C14H17N3O2. The highest BCUT2D eigenvalue weighted by molar-refractivity contribution is 5.74. The Kier molecular flexibility index (Phi) is 4.15. The first-order chi connectivity index (χ1) is 9.13. The van der Waals surface area contributed by atoms with E-state index in [0.29, 0.717) is 18.7 Å². The molecule has 19 heavy (non-hydrogen) atoms. The first kappa shape index (κ1) is 13.5. The van der Waals surface area contributed by atoms with Gasteiger partial charge < -0.3 is 10.4 Å². The Morgan fingerprint density at radius 3 is 3.11 bits per heavy atom. The fraction of sp³-hybridized carbons (Fsp3) is 0.429. The zero-order valence-corrected chi connectivity index (χ0v) is 10.8. The van der Waals surface area contributed by atoms with E-state index in [4.69, 9.17) is 5.26 Å². The van der Waals surface area contributed by atoms with Crippen molar-refractivity contribution in [2.24, 2.45) is 0 Å². The third-order valence-corrected chi connectivity index (χ3v) is 3.57. The van der Waals surface area contributed by atoms with Gasteiger partial charge in [-0.05, 0) is 24.6 Å². The van der Waals surface area contributed by atoms with Gasteiger partial charge in [0.1, 0.15) is 6.04 Å². The van der Waals surface area contributed by atoms with Crippen LogP contribution in [0.3, 0.4) is 0 Å². The largest absolute Gasteiger partial charge is 0.480 e. The number of rotatable bonds is 3. The first-order valence-electron chi connectivity index (χ1n) is 6.33. The van der Waals surface area contributed by atoms with Crippen molar-refractivity contribution in [3.05, 3.63) is 35.4 Å². The smallest absolute Gasteiger partial charge is 0.322 e. The van der Waals surface area contributed by atoms with Crippen LogP contribution in [0, 0.1) is 11.3 Å². The van der Waals surface area contributed by atoms with Crippen LogP contribution in [0.25, 0.3) is 0 Å². The van der Waals surface area contributed by atoms with Crippen LogP contribution in [0.4, 0.5) is 0 Å². The second kappa shape index (κ2) is 5.83. The third kappa shape index (κ3) is 2.92. The monoisotopic (exact) mass is 259 g/mol. The maximum atomic E-state index is 11.3. The predicted octanol–water partition coefficient (Wildman–Crippen LogP) is 0.978. The lowest BCUT2D eigenvalue weighted by Crippen LogP contribution is -2.55. The number of carboxylic acid groups (broad SMARTS) is 1. The Morgan fingerprint density at radius 2 is 2.42 bits per heavy atom. The molecule has 1 aromatic rings. The molecule has 0 amide bonds. The van der Waals surface area contributed by atoms with Crippen LogP contribution >= 0.6 is 0 Å². The van der Waals surface area contributed by atoms with Crippen LogP contribution in [0.5, 0.6) is 0 Å². The first-order valence-corrected chi connectivity index (χ1v) is 6.33. The standard InChI is InChI=1S/C14H17N3O2/c1-10(12-4-2-3-11(7-12)8-15)17-6-5-16-9-13(17)14(18)19/h2-4,7,10,13,16H,5-6,9H2,1H3,(H,18,19). The van der Waals surface area contributed by atoms with Crippen molar-refractivity contribution < 1.29 is 9.90 Å². The average molecular weight is 259 g/mol. The molecule has 0 saturated carbocycles. The Bertz CT molecular complexity index is 510. The summed E-state index contributed by atoms with van der Waals surface area (Å²) < 4.78 is 0. The lowest BCUT2D eigenvalue weighted by atomic mass is 10.0. The Balaban J connectivity index is 2.23. The van der Waals surface area contributed by atoms with Gasteiger partial charge >= 0.3 is 5.97 Å². The summed E-state index contributed by atoms with van der Waals surface area (Å²) in [5.74, 6) is -0.810. The molecule has 2 atom stereocenters. The van der Waals surface area contributed by atoms with Gasteiger partial charge in [0.25, 0.3) is 0 Å². The van der Waals surface area contributed by atoms with E-state index in [1.54, 1.807) is 6.07 Å². The van der Waals surface area contributed by atoms with E-state index >= 15 is 0 Å². The molecule has 1 heterocycles. The van der Waals surface area contributed by atoms with Crippen molar-refractivity contribution in [3.63, 3.8) is 0 Å². The number of hydrogen-bond donors (Lipinski definition) is 2. The molecule has 1 aliphatic heterocycles. The minimum atomic E-state index is -0.810. The number of aliphatic carboxylic acids is 1. The molecule has 0 aromatic heterocycles. The zero-order chi connectivity index (χ0) is 13.8. The number of nitrogens with zero attached hydrogens (tertiary/aromatic N) is 2. The Morgan fingerprint density at radius 1 is 1.63 bits per heavy atom. The fourth-order valence-electron chi connectivity index (χ4n) is 2.47. The molecule has 1 fully saturated rings. The van der Waals surface area contributed by atoms with Gasteiger partial charge in [-0.1, -0.05) is 12.1 Å². The van der Waals surface area contributed by atoms with Crippen molar-refractivity contribution in [1.29, 1.82) is 5.26 Å². The molecule has 0 radical (unpaired) electrons. The van der Waals surface area contributed by atoms with E-state index in [-0.39, 0.29) is 6.04 Å². The zero-order valence-electron chi connectivity index (χ0n) is 10.8. The second-order valence-electron chi connectivity index (χ2n) is 4.71. The van der Waals surface area contributed by atoms with Crippen molar-refractivity contribution in [3.8, 4) is 6.07 Å². The van der Waals surface area contributed by atoms with Crippen LogP contribution in [-0.4, -0.2) is 41.7 Å². The van der Waals surface area contributed by atoms with Gasteiger partial charge in [0, 0.05) is 25.7 Å². The minimum Gasteiger partial charge on any atom is -0.480 e. The molecule has 0 aliphatic carbocycles. The van der Waals surface area contributed by atoms with E-state index in [9.17, 15) is 9.90 Å². The molecule has 5 nitrogen and oxygen atoms in total. The van der Waals surface area contributed by atoms with Crippen LogP contribution < -0.4 is 5.32 Å². The maximum absolute atomic E-state index is 11.3. The maximum Gasteiger partial charge on any atom is 0.322 e. The molecule has 2 N–H and O–H groups in total. The number of carbonyl (C=O) groups is 1. The summed E-state index contributed by atoms with van der Waals surface area (Å²) in [6.45, 7) is 3.91. The van der Waals surface area contributed by atoms with E-state index in [1.165, 1.54) is 0 Å². The molecule has 1 saturated heterocycles. The van der Waals surface area contributed by atoms with Crippen molar-refractivity contribution >= 4 is 5.97 Å². The number of nitrogens with one attached hydrogen (secondary N) is 1. The SMILES string of the molecule is CC(c1cccc(C#N)c1)N1CCNCC1C(=O)O.